The molecule has 0 aliphatic carbocycles. The number of hydrogen-bond donors (Lipinski definition) is 2. The van der Waals surface area contributed by atoms with E-state index in [1.165, 1.54) is 0 Å². The molecule has 0 fully saturated rings. The molecule has 0 rings (SSSR count). The van der Waals surface area contributed by atoms with E-state index < -0.39 is 0 Å². The maximum absolute atomic E-state index is 8.43. The molecular formula is C10H24O5. The zero-order valence-corrected chi connectivity index (χ0v) is 9.94. The van der Waals surface area contributed by atoms with Crippen LogP contribution in [0.25, 0.3) is 0 Å². The molecule has 0 saturated carbocycles. The van der Waals surface area contributed by atoms with Gasteiger partial charge >= 0.3 is 0 Å². The Bertz CT molecular complexity index is 91.8. The van der Waals surface area contributed by atoms with E-state index in [0.29, 0.717) is 26.4 Å². The van der Waals surface area contributed by atoms with Crippen LogP contribution in [0.1, 0.15) is 13.8 Å². The number of aliphatic hydroxyl groups excluding tert-OH is 2. The van der Waals surface area contributed by atoms with Gasteiger partial charge in [0.15, 0.2) is 0 Å². The molecule has 0 aromatic heterocycles. The average Bonchev–Trinajstić information content (AvgIpc) is 2.18. The number of aliphatic hydroxyl groups is 2. The molecule has 0 aliphatic heterocycles. The van der Waals surface area contributed by atoms with Crippen LogP contribution in [0.2, 0.25) is 0 Å². The first-order chi connectivity index (χ1) is 7.18. The van der Waals surface area contributed by atoms with Crippen LogP contribution in [0.15, 0.2) is 0 Å². The molecule has 0 heterocycles. The first-order valence-electron chi connectivity index (χ1n) is 5.12. The Morgan fingerprint density at radius 2 is 1.73 bits per heavy atom. The van der Waals surface area contributed by atoms with Crippen LogP contribution in [0.4, 0.5) is 0 Å². The summed E-state index contributed by atoms with van der Waals surface area (Å²) in [6, 6.07) is 0. The maximum atomic E-state index is 8.43. The lowest BCUT2D eigenvalue weighted by Gasteiger charge is -2.00. The second-order valence-corrected chi connectivity index (χ2v) is 2.84. The van der Waals surface area contributed by atoms with E-state index in [2.05, 4.69) is 4.74 Å². The summed E-state index contributed by atoms with van der Waals surface area (Å²) in [5.41, 5.74) is 0. The largest absolute Gasteiger partial charge is 0.394 e. The Kier molecular flexibility index (Phi) is 18.6. The predicted octanol–water partition coefficient (Wildman–Crippen LogP) is 0.0454. The van der Waals surface area contributed by atoms with Crippen molar-refractivity contribution in [2.75, 3.05) is 46.8 Å². The highest BCUT2D eigenvalue weighted by Gasteiger charge is 1.87. The molecule has 5 nitrogen and oxygen atoms in total. The number of rotatable bonds is 8. The molecule has 0 radical (unpaired) electrons. The van der Waals surface area contributed by atoms with Gasteiger partial charge in [-0.3, -0.25) is 0 Å². The molecule has 1 atom stereocenters. The topological polar surface area (TPSA) is 68.2 Å². The summed E-state index contributed by atoms with van der Waals surface area (Å²) in [5, 5.41) is 16.7. The highest BCUT2D eigenvalue weighted by molar-refractivity contribution is 4.36. The zero-order valence-electron chi connectivity index (χ0n) is 9.94. The first-order valence-corrected chi connectivity index (χ1v) is 5.12. The molecule has 0 aromatic carbocycles. The minimum absolute atomic E-state index is 0.0894. The van der Waals surface area contributed by atoms with E-state index in [1.807, 2.05) is 6.92 Å². The first kappa shape index (κ1) is 17.2. The van der Waals surface area contributed by atoms with Gasteiger partial charge in [-0.2, -0.15) is 0 Å². The molecule has 0 aromatic rings. The summed E-state index contributed by atoms with van der Waals surface area (Å²) >= 11 is 0. The fraction of sp³-hybridized carbons (Fsp3) is 1.00. The minimum Gasteiger partial charge on any atom is -0.394 e. The van der Waals surface area contributed by atoms with Gasteiger partial charge in [0.25, 0.3) is 0 Å². The van der Waals surface area contributed by atoms with Gasteiger partial charge in [0.1, 0.15) is 0 Å². The summed E-state index contributed by atoms with van der Waals surface area (Å²) in [6.07, 6.45) is -0.324. The van der Waals surface area contributed by atoms with Crippen molar-refractivity contribution in [3.05, 3.63) is 0 Å². The smallest absolute Gasteiger partial charge is 0.0745 e. The third-order valence-corrected chi connectivity index (χ3v) is 1.22. The molecule has 0 spiro atoms. The second-order valence-electron chi connectivity index (χ2n) is 2.84. The Hall–Kier alpha value is -0.200. The van der Waals surface area contributed by atoms with Crippen molar-refractivity contribution in [2.24, 2.45) is 0 Å². The van der Waals surface area contributed by atoms with Crippen molar-refractivity contribution in [2.45, 2.75) is 20.0 Å². The summed E-state index contributed by atoms with van der Waals surface area (Å²) < 4.78 is 14.4. The molecule has 0 saturated heterocycles. The Morgan fingerprint density at radius 1 is 1.13 bits per heavy atom. The minimum atomic E-state index is -0.324. The SMILES string of the molecule is CCOCCOCCO.COCC(C)O. The summed E-state index contributed by atoms with van der Waals surface area (Å²) in [5.74, 6) is 0. The van der Waals surface area contributed by atoms with E-state index in [9.17, 15) is 0 Å². The Morgan fingerprint density at radius 3 is 2.07 bits per heavy atom. The van der Waals surface area contributed by atoms with Crippen molar-refractivity contribution >= 4 is 0 Å². The van der Waals surface area contributed by atoms with Gasteiger partial charge in [-0.1, -0.05) is 0 Å². The van der Waals surface area contributed by atoms with Gasteiger partial charge in [-0.05, 0) is 13.8 Å². The summed E-state index contributed by atoms with van der Waals surface area (Å²) in [7, 11) is 1.56. The van der Waals surface area contributed by atoms with Crippen LogP contribution >= 0.6 is 0 Å². The molecule has 15 heavy (non-hydrogen) atoms. The fourth-order valence-electron chi connectivity index (χ4n) is 0.670. The lowest BCUT2D eigenvalue weighted by Crippen LogP contribution is -2.07. The zero-order chi connectivity index (χ0) is 11.9. The van der Waals surface area contributed by atoms with Crippen LogP contribution in [0.3, 0.4) is 0 Å². The lowest BCUT2D eigenvalue weighted by atomic mass is 10.5. The van der Waals surface area contributed by atoms with Crippen LogP contribution in [-0.4, -0.2) is 63.1 Å². The van der Waals surface area contributed by atoms with Crippen LogP contribution in [-0.2, 0) is 14.2 Å². The lowest BCUT2D eigenvalue weighted by molar-refractivity contribution is 0.0370. The monoisotopic (exact) mass is 224 g/mol. The van der Waals surface area contributed by atoms with Crippen molar-refractivity contribution in [1.82, 2.24) is 0 Å². The average molecular weight is 224 g/mol. The molecule has 0 amide bonds. The molecule has 5 heteroatoms. The van der Waals surface area contributed by atoms with Crippen LogP contribution in [0.5, 0.6) is 0 Å². The van der Waals surface area contributed by atoms with Gasteiger partial charge < -0.3 is 24.4 Å². The molecule has 0 bridgehead atoms. The number of ether oxygens (including phenoxy) is 3. The summed E-state index contributed by atoms with van der Waals surface area (Å²) in [4.78, 5) is 0. The highest BCUT2D eigenvalue weighted by Crippen LogP contribution is 1.76. The standard InChI is InChI=1S/C6H14O3.C4H10O2/c1-2-8-5-6-9-4-3-7;1-4(5)3-6-2/h7H,2-6H2,1H3;4-5H,3H2,1-2H3. The molecule has 94 valence electrons. The van der Waals surface area contributed by atoms with E-state index >= 15 is 0 Å². The van der Waals surface area contributed by atoms with Crippen molar-refractivity contribution in [3.63, 3.8) is 0 Å². The van der Waals surface area contributed by atoms with E-state index in [4.69, 9.17) is 19.7 Å². The predicted molar refractivity (Wildman–Crippen MR) is 58.0 cm³/mol. The highest BCUT2D eigenvalue weighted by atomic mass is 16.5. The third kappa shape index (κ3) is 24.8. The van der Waals surface area contributed by atoms with Crippen molar-refractivity contribution < 1.29 is 24.4 Å². The van der Waals surface area contributed by atoms with Gasteiger partial charge in [0, 0.05) is 13.7 Å². The van der Waals surface area contributed by atoms with Crippen molar-refractivity contribution in [3.8, 4) is 0 Å². The molecular weight excluding hydrogens is 200 g/mol. The normalized spacial score (nSPS) is 11.8. The number of methoxy groups -OCH3 is 1. The summed E-state index contributed by atoms with van der Waals surface area (Å²) in [6.45, 7) is 6.47. The van der Waals surface area contributed by atoms with Crippen LogP contribution < -0.4 is 0 Å². The molecule has 1 unspecified atom stereocenters. The van der Waals surface area contributed by atoms with Gasteiger partial charge in [-0.25, -0.2) is 0 Å². The van der Waals surface area contributed by atoms with E-state index in [-0.39, 0.29) is 12.7 Å². The molecule has 0 aliphatic rings. The van der Waals surface area contributed by atoms with Crippen LogP contribution in [0, 0.1) is 0 Å². The second kappa shape index (κ2) is 16.2. The molecule has 2 N–H and O–H groups in total. The fourth-order valence-corrected chi connectivity index (χ4v) is 0.670. The Labute approximate surface area is 92.0 Å². The third-order valence-electron chi connectivity index (χ3n) is 1.22. The van der Waals surface area contributed by atoms with Gasteiger partial charge in [-0.15, -0.1) is 0 Å². The van der Waals surface area contributed by atoms with Gasteiger partial charge in [0.2, 0.25) is 0 Å². The number of hydrogen-bond acceptors (Lipinski definition) is 5. The van der Waals surface area contributed by atoms with Crippen molar-refractivity contribution in [1.29, 1.82) is 0 Å². The van der Waals surface area contributed by atoms with E-state index in [0.717, 1.165) is 6.61 Å². The quantitative estimate of drug-likeness (QED) is 0.570. The van der Waals surface area contributed by atoms with Gasteiger partial charge in [0.05, 0.1) is 39.1 Å². The Balaban J connectivity index is 0. The van der Waals surface area contributed by atoms with E-state index in [1.54, 1.807) is 14.0 Å². The maximum Gasteiger partial charge on any atom is 0.0745 e.